The molecule has 6 heteroatoms. The first-order valence-electron chi connectivity index (χ1n) is 2.52. The Morgan fingerprint density at radius 1 is 1.90 bits per heavy atom. The van der Waals surface area contributed by atoms with Crippen LogP contribution in [0.4, 0.5) is 0 Å². The van der Waals surface area contributed by atoms with Crippen molar-refractivity contribution in [1.29, 1.82) is 5.41 Å². The van der Waals surface area contributed by atoms with E-state index in [0.29, 0.717) is 0 Å². The number of hydrogen-bond donors (Lipinski definition) is 3. The Morgan fingerprint density at radius 2 is 2.30 bits per heavy atom. The Morgan fingerprint density at radius 3 is 2.40 bits per heavy atom. The summed E-state index contributed by atoms with van der Waals surface area (Å²) in [6, 6.07) is 0. The maximum atomic E-state index is 10.2. The van der Waals surface area contributed by atoms with Gasteiger partial charge in [0.25, 0.3) is 0 Å². The van der Waals surface area contributed by atoms with Crippen molar-refractivity contribution in [3.05, 3.63) is 0 Å². The van der Waals surface area contributed by atoms with Gasteiger partial charge in [0.15, 0.2) is 5.96 Å². The molecule has 5 nitrogen and oxygen atoms in total. The van der Waals surface area contributed by atoms with E-state index in [1.54, 1.807) is 0 Å². The maximum Gasteiger partial charge on any atom is 0.330 e. The predicted molar refractivity (Wildman–Crippen MR) is 40.8 cm³/mol. The Hall–Kier alpha value is -0.830. The predicted octanol–water partition coefficient (Wildman–Crippen LogP) is -0.903. The molecule has 0 amide bonds. The van der Waals surface area contributed by atoms with Gasteiger partial charge < -0.3 is 15.7 Å². The van der Waals surface area contributed by atoms with Crippen LogP contribution < -0.4 is 5.73 Å². The third-order valence-electron chi connectivity index (χ3n) is 1.05. The zero-order valence-corrected chi connectivity index (χ0v) is 6.69. The number of hydrogen-bond acceptors (Lipinski definition) is 2. The highest BCUT2D eigenvalue weighted by molar-refractivity contribution is 7.19. The second kappa shape index (κ2) is 3.37. The molecule has 0 rings (SSSR count). The molecule has 0 spiro atoms. The monoisotopic (exact) mass is 163 g/mol. The van der Waals surface area contributed by atoms with Crippen LogP contribution in [0.25, 0.3) is 0 Å². The minimum Gasteiger partial charge on any atom is -0.479 e. The van der Waals surface area contributed by atoms with E-state index in [1.807, 2.05) is 0 Å². The summed E-state index contributed by atoms with van der Waals surface area (Å²) >= 11 is 0. The summed E-state index contributed by atoms with van der Waals surface area (Å²) in [5.74, 6) is -2.11. The molecule has 4 N–H and O–H groups in total. The van der Waals surface area contributed by atoms with Gasteiger partial charge in [-0.25, -0.2) is 4.79 Å². The first-order chi connectivity index (χ1) is 4.46. The standard InChI is InChI=1S/C4H10N3O2P/c1-7(4(5)6)2(10)3(8)9/h2H,10H2,1H3,(H3,5,6)(H,8,9). The van der Waals surface area contributed by atoms with Crippen molar-refractivity contribution in [2.45, 2.75) is 5.78 Å². The summed E-state index contributed by atoms with van der Waals surface area (Å²) in [4.78, 5) is 11.4. The van der Waals surface area contributed by atoms with E-state index in [4.69, 9.17) is 16.2 Å². The lowest BCUT2D eigenvalue weighted by molar-refractivity contribution is -0.138. The van der Waals surface area contributed by atoms with Crippen LogP contribution >= 0.6 is 9.24 Å². The van der Waals surface area contributed by atoms with E-state index in [9.17, 15) is 4.79 Å². The highest BCUT2D eigenvalue weighted by Crippen LogP contribution is 2.03. The number of carbonyl (C=O) groups is 1. The van der Waals surface area contributed by atoms with Crippen LogP contribution in [0.15, 0.2) is 0 Å². The number of rotatable bonds is 2. The molecule has 2 atom stereocenters. The molecule has 0 aliphatic heterocycles. The number of carboxylic acids is 1. The fraction of sp³-hybridized carbons (Fsp3) is 0.500. The van der Waals surface area contributed by atoms with Crippen molar-refractivity contribution in [1.82, 2.24) is 4.90 Å². The fourth-order valence-corrected chi connectivity index (χ4v) is 0.476. The average molecular weight is 163 g/mol. The highest BCUT2D eigenvalue weighted by atomic mass is 31.0. The number of nitrogens with two attached hydrogens (primary N) is 1. The lowest BCUT2D eigenvalue weighted by Gasteiger charge is -2.20. The number of nitrogens with one attached hydrogen (secondary N) is 1. The zero-order valence-electron chi connectivity index (χ0n) is 5.53. The summed E-state index contributed by atoms with van der Waals surface area (Å²) in [6.45, 7) is 0. The average Bonchev–Trinajstić information content (AvgIpc) is 1.84. The lowest BCUT2D eigenvalue weighted by atomic mass is 10.6. The van der Waals surface area contributed by atoms with Gasteiger partial charge in [0.2, 0.25) is 0 Å². The van der Waals surface area contributed by atoms with Crippen molar-refractivity contribution < 1.29 is 9.90 Å². The third-order valence-corrected chi connectivity index (χ3v) is 1.78. The van der Waals surface area contributed by atoms with Crippen LogP contribution in [0, 0.1) is 5.41 Å². The van der Waals surface area contributed by atoms with Gasteiger partial charge in [-0.2, -0.15) is 0 Å². The topological polar surface area (TPSA) is 90.4 Å². The van der Waals surface area contributed by atoms with Gasteiger partial charge in [-0.05, 0) is 0 Å². The van der Waals surface area contributed by atoms with Crippen LogP contribution in [0.5, 0.6) is 0 Å². The van der Waals surface area contributed by atoms with Gasteiger partial charge in [-0.3, -0.25) is 5.41 Å². The van der Waals surface area contributed by atoms with Gasteiger partial charge in [0, 0.05) is 7.05 Å². The molecule has 0 radical (unpaired) electrons. The van der Waals surface area contributed by atoms with E-state index in [2.05, 4.69) is 9.24 Å². The van der Waals surface area contributed by atoms with Crippen LogP contribution in [0.1, 0.15) is 0 Å². The molecular weight excluding hydrogens is 153 g/mol. The lowest BCUT2D eigenvalue weighted by Crippen LogP contribution is -2.41. The Labute approximate surface area is 60.9 Å². The van der Waals surface area contributed by atoms with Gasteiger partial charge in [-0.1, -0.05) is 0 Å². The molecule has 58 valence electrons. The Kier molecular flexibility index (Phi) is 3.09. The first kappa shape index (κ1) is 9.17. The van der Waals surface area contributed by atoms with Gasteiger partial charge in [0.05, 0.1) is 0 Å². The van der Waals surface area contributed by atoms with Gasteiger partial charge in [-0.15, -0.1) is 9.24 Å². The van der Waals surface area contributed by atoms with Crippen LogP contribution in [-0.4, -0.2) is 34.8 Å². The quantitative estimate of drug-likeness (QED) is 0.279. The van der Waals surface area contributed by atoms with Crippen molar-refractivity contribution in [3.8, 4) is 0 Å². The molecular formula is C4H10N3O2P. The van der Waals surface area contributed by atoms with E-state index in [-0.39, 0.29) is 5.96 Å². The molecule has 0 aliphatic carbocycles. The summed E-state index contributed by atoms with van der Waals surface area (Å²) in [5, 5.41) is 15.2. The number of carboxylic acid groups (broad SMARTS) is 1. The molecule has 0 aromatic heterocycles. The molecule has 0 aliphatic rings. The summed E-state index contributed by atoms with van der Waals surface area (Å²) in [5.41, 5.74) is 5.01. The first-order valence-corrected chi connectivity index (χ1v) is 3.18. The summed E-state index contributed by atoms with van der Waals surface area (Å²) in [7, 11) is 3.50. The van der Waals surface area contributed by atoms with Crippen LogP contribution in [-0.2, 0) is 4.79 Å². The molecule has 10 heavy (non-hydrogen) atoms. The van der Waals surface area contributed by atoms with E-state index < -0.39 is 11.8 Å². The van der Waals surface area contributed by atoms with Crippen LogP contribution in [0.2, 0.25) is 0 Å². The maximum absolute atomic E-state index is 10.2. The fourth-order valence-electron chi connectivity index (χ4n) is 0.316. The summed E-state index contributed by atoms with van der Waals surface area (Å²) in [6.07, 6.45) is 0. The largest absolute Gasteiger partial charge is 0.479 e. The smallest absolute Gasteiger partial charge is 0.330 e. The highest BCUT2D eigenvalue weighted by Gasteiger charge is 2.16. The molecule has 0 aromatic carbocycles. The Bertz CT molecular complexity index is 143. The number of nitrogens with zero attached hydrogens (tertiary/aromatic N) is 1. The minimum atomic E-state index is -1.03. The Balaban J connectivity index is 4.07. The number of guanidine groups is 1. The van der Waals surface area contributed by atoms with Crippen LogP contribution in [0.3, 0.4) is 0 Å². The van der Waals surface area contributed by atoms with Gasteiger partial charge >= 0.3 is 5.97 Å². The molecule has 0 bridgehead atoms. The SMILES string of the molecule is CN(C(=N)N)C(P)C(=O)O. The molecule has 2 unspecified atom stereocenters. The van der Waals surface area contributed by atoms with E-state index in [0.717, 1.165) is 4.90 Å². The van der Waals surface area contributed by atoms with E-state index >= 15 is 0 Å². The normalized spacial score (nSPS) is 12.2. The third kappa shape index (κ3) is 2.19. The molecule has 0 aromatic rings. The second-order valence-electron chi connectivity index (χ2n) is 1.78. The minimum absolute atomic E-state index is 0.262. The molecule has 0 saturated carbocycles. The zero-order chi connectivity index (χ0) is 8.31. The van der Waals surface area contributed by atoms with Crippen molar-refractivity contribution in [2.75, 3.05) is 7.05 Å². The van der Waals surface area contributed by atoms with Crippen molar-refractivity contribution in [2.24, 2.45) is 5.73 Å². The van der Waals surface area contributed by atoms with E-state index in [1.165, 1.54) is 7.05 Å². The summed E-state index contributed by atoms with van der Waals surface area (Å²) < 4.78 is 0. The number of aliphatic carboxylic acids is 1. The van der Waals surface area contributed by atoms with Crippen molar-refractivity contribution >= 4 is 21.2 Å². The molecule has 0 saturated heterocycles. The molecule has 0 heterocycles. The second-order valence-corrected chi connectivity index (χ2v) is 2.41. The van der Waals surface area contributed by atoms with Crippen molar-refractivity contribution in [3.63, 3.8) is 0 Å². The molecule has 0 fully saturated rings. The van der Waals surface area contributed by atoms with Gasteiger partial charge in [0.1, 0.15) is 5.78 Å². The number of likely N-dealkylation sites (N-methyl/N-ethyl adjacent to an activating group) is 1.